The van der Waals surface area contributed by atoms with Crippen molar-refractivity contribution in [2.75, 3.05) is 18.5 Å². The molecule has 1 aromatic rings. The van der Waals surface area contributed by atoms with Crippen molar-refractivity contribution in [3.8, 4) is 5.75 Å². The summed E-state index contributed by atoms with van der Waals surface area (Å²) in [4.78, 5) is 0. The average molecular weight is 251 g/mol. The van der Waals surface area contributed by atoms with Crippen molar-refractivity contribution < 1.29 is 14.6 Å². The Morgan fingerprint density at radius 1 is 1.50 bits per heavy atom. The van der Waals surface area contributed by atoms with Crippen molar-refractivity contribution in [2.24, 2.45) is 0 Å². The van der Waals surface area contributed by atoms with Crippen molar-refractivity contribution in [1.29, 1.82) is 0 Å². The van der Waals surface area contributed by atoms with Crippen LogP contribution in [0, 0.1) is 0 Å². The van der Waals surface area contributed by atoms with Gasteiger partial charge in [0, 0.05) is 17.9 Å². The van der Waals surface area contributed by atoms with Gasteiger partial charge in [-0.15, -0.1) is 0 Å². The molecule has 2 unspecified atom stereocenters. The Balaban J connectivity index is 2.09. The summed E-state index contributed by atoms with van der Waals surface area (Å²) in [6.45, 7) is 5.41. The van der Waals surface area contributed by atoms with Gasteiger partial charge < -0.3 is 19.9 Å². The molecule has 1 aliphatic rings. The van der Waals surface area contributed by atoms with Crippen LogP contribution in [0.5, 0.6) is 5.75 Å². The molecule has 18 heavy (non-hydrogen) atoms. The minimum absolute atomic E-state index is 0.0123. The van der Waals surface area contributed by atoms with E-state index in [1.54, 1.807) is 0 Å². The van der Waals surface area contributed by atoms with E-state index in [2.05, 4.69) is 12.2 Å². The normalized spacial score (nSPS) is 23.1. The standard InChI is InChI=1S/C14H21NO3/c1-3-17-14-5-4-12(8-11(14)9-16)15-13-6-7-18-10(13)2/h4-5,8,10,13,15-16H,3,6-7,9H2,1-2H3. The monoisotopic (exact) mass is 251 g/mol. The molecule has 0 saturated carbocycles. The molecule has 1 fully saturated rings. The van der Waals surface area contributed by atoms with Crippen LogP contribution in [0.2, 0.25) is 0 Å². The molecule has 2 rings (SSSR count). The van der Waals surface area contributed by atoms with E-state index >= 15 is 0 Å². The highest BCUT2D eigenvalue weighted by atomic mass is 16.5. The van der Waals surface area contributed by atoms with Crippen LogP contribution in [0.15, 0.2) is 18.2 Å². The first-order valence-corrected chi connectivity index (χ1v) is 6.49. The van der Waals surface area contributed by atoms with Gasteiger partial charge in [-0.2, -0.15) is 0 Å². The molecular formula is C14H21NO3. The lowest BCUT2D eigenvalue weighted by Crippen LogP contribution is -2.26. The molecule has 0 aromatic heterocycles. The molecule has 100 valence electrons. The first kappa shape index (κ1) is 13.2. The maximum Gasteiger partial charge on any atom is 0.124 e. The Kier molecular flexibility index (Phi) is 4.44. The van der Waals surface area contributed by atoms with Gasteiger partial charge >= 0.3 is 0 Å². The number of anilines is 1. The van der Waals surface area contributed by atoms with Gasteiger partial charge in [-0.3, -0.25) is 0 Å². The van der Waals surface area contributed by atoms with Crippen LogP contribution in [0.25, 0.3) is 0 Å². The van der Waals surface area contributed by atoms with Gasteiger partial charge in [0.1, 0.15) is 5.75 Å². The minimum Gasteiger partial charge on any atom is -0.494 e. The summed E-state index contributed by atoms with van der Waals surface area (Å²) in [5.41, 5.74) is 1.82. The Morgan fingerprint density at radius 3 is 2.94 bits per heavy atom. The molecule has 0 amide bonds. The third-order valence-corrected chi connectivity index (χ3v) is 3.26. The average Bonchev–Trinajstić information content (AvgIpc) is 2.77. The second kappa shape index (κ2) is 6.07. The van der Waals surface area contributed by atoms with Crippen molar-refractivity contribution in [1.82, 2.24) is 0 Å². The van der Waals surface area contributed by atoms with Crippen LogP contribution in [0.3, 0.4) is 0 Å². The fourth-order valence-corrected chi connectivity index (χ4v) is 2.22. The Morgan fingerprint density at radius 2 is 2.33 bits per heavy atom. The lowest BCUT2D eigenvalue weighted by molar-refractivity contribution is 0.121. The molecule has 1 aromatic carbocycles. The highest BCUT2D eigenvalue weighted by Gasteiger charge is 2.23. The van der Waals surface area contributed by atoms with Crippen LogP contribution < -0.4 is 10.1 Å². The molecule has 1 heterocycles. The number of aliphatic hydroxyl groups is 1. The van der Waals surface area contributed by atoms with Crippen molar-refractivity contribution in [2.45, 2.75) is 39.0 Å². The topological polar surface area (TPSA) is 50.7 Å². The molecule has 1 saturated heterocycles. The first-order valence-electron chi connectivity index (χ1n) is 6.49. The fraction of sp³-hybridized carbons (Fsp3) is 0.571. The maximum atomic E-state index is 9.35. The third-order valence-electron chi connectivity index (χ3n) is 3.26. The number of nitrogens with one attached hydrogen (secondary N) is 1. The summed E-state index contributed by atoms with van der Waals surface area (Å²) < 4.78 is 11.0. The first-order chi connectivity index (χ1) is 8.74. The molecule has 2 N–H and O–H groups in total. The molecule has 0 radical (unpaired) electrons. The summed E-state index contributed by atoms with van der Waals surface area (Å²) >= 11 is 0. The SMILES string of the molecule is CCOc1ccc(NC2CCOC2C)cc1CO. The number of hydrogen-bond donors (Lipinski definition) is 2. The van der Waals surface area contributed by atoms with Crippen LogP contribution >= 0.6 is 0 Å². The molecule has 0 aliphatic carbocycles. The van der Waals surface area contributed by atoms with Gasteiger partial charge in [0.05, 0.1) is 25.4 Å². The highest BCUT2D eigenvalue weighted by Crippen LogP contribution is 2.25. The smallest absolute Gasteiger partial charge is 0.124 e. The van der Waals surface area contributed by atoms with Crippen molar-refractivity contribution >= 4 is 5.69 Å². The lowest BCUT2D eigenvalue weighted by atomic mass is 10.1. The minimum atomic E-state index is -0.0123. The van der Waals surface area contributed by atoms with Crippen LogP contribution in [0.4, 0.5) is 5.69 Å². The zero-order valence-electron chi connectivity index (χ0n) is 11.0. The van der Waals surface area contributed by atoms with Gasteiger partial charge in [0.2, 0.25) is 0 Å². The summed E-state index contributed by atoms with van der Waals surface area (Å²) in [6, 6.07) is 6.16. The van der Waals surface area contributed by atoms with Crippen LogP contribution in [-0.2, 0) is 11.3 Å². The number of rotatable bonds is 5. The number of ether oxygens (including phenoxy) is 2. The molecule has 1 aliphatic heterocycles. The van der Waals surface area contributed by atoms with Gasteiger partial charge in [0.15, 0.2) is 0 Å². The van der Waals surface area contributed by atoms with E-state index in [1.807, 2.05) is 25.1 Å². The summed E-state index contributed by atoms with van der Waals surface area (Å²) in [5.74, 6) is 0.751. The van der Waals surface area contributed by atoms with E-state index in [0.717, 1.165) is 30.0 Å². The Hall–Kier alpha value is -1.26. The van der Waals surface area contributed by atoms with E-state index in [-0.39, 0.29) is 12.7 Å². The second-order valence-corrected chi connectivity index (χ2v) is 4.53. The van der Waals surface area contributed by atoms with E-state index in [1.165, 1.54) is 0 Å². The summed E-state index contributed by atoms with van der Waals surface area (Å²) in [5, 5.41) is 12.8. The molecule has 0 spiro atoms. The van der Waals surface area contributed by atoms with E-state index in [0.29, 0.717) is 12.6 Å². The predicted octanol–water partition coefficient (Wildman–Crippen LogP) is 2.17. The summed E-state index contributed by atoms with van der Waals surface area (Å²) in [6.07, 6.45) is 1.25. The van der Waals surface area contributed by atoms with Gasteiger partial charge in [-0.1, -0.05) is 0 Å². The predicted molar refractivity (Wildman–Crippen MR) is 71.0 cm³/mol. The van der Waals surface area contributed by atoms with E-state index in [9.17, 15) is 5.11 Å². The van der Waals surface area contributed by atoms with Crippen LogP contribution in [-0.4, -0.2) is 30.5 Å². The molecule has 2 atom stereocenters. The number of hydrogen-bond acceptors (Lipinski definition) is 4. The lowest BCUT2D eigenvalue weighted by Gasteiger charge is -2.18. The number of benzene rings is 1. The fourth-order valence-electron chi connectivity index (χ4n) is 2.22. The quantitative estimate of drug-likeness (QED) is 0.842. The molecule has 4 nitrogen and oxygen atoms in total. The summed E-state index contributed by atoms with van der Waals surface area (Å²) in [7, 11) is 0. The molecule has 0 bridgehead atoms. The van der Waals surface area contributed by atoms with Gasteiger partial charge in [0.25, 0.3) is 0 Å². The molecular weight excluding hydrogens is 230 g/mol. The third kappa shape index (κ3) is 2.94. The Labute approximate surface area is 108 Å². The zero-order valence-corrected chi connectivity index (χ0v) is 11.0. The van der Waals surface area contributed by atoms with Crippen LogP contribution in [0.1, 0.15) is 25.8 Å². The van der Waals surface area contributed by atoms with Crippen molar-refractivity contribution in [3.63, 3.8) is 0 Å². The number of aliphatic hydroxyl groups excluding tert-OH is 1. The van der Waals surface area contributed by atoms with E-state index < -0.39 is 0 Å². The van der Waals surface area contributed by atoms with E-state index in [4.69, 9.17) is 9.47 Å². The Bertz CT molecular complexity index is 395. The maximum absolute atomic E-state index is 9.35. The molecule has 4 heteroatoms. The van der Waals surface area contributed by atoms with Gasteiger partial charge in [-0.25, -0.2) is 0 Å². The van der Waals surface area contributed by atoms with Gasteiger partial charge in [-0.05, 0) is 38.5 Å². The largest absolute Gasteiger partial charge is 0.494 e. The van der Waals surface area contributed by atoms with Crippen molar-refractivity contribution in [3.05, 3.63) is 23.8 Å². The highest BCUT2D eigenvalue weighted by molar-refractivity contribution is 5.51. The second-order valence-electron chi connectivity index (χ2n) is 4.53. The zero-order chi connectivity index (χ0) is 13.0.